The molecular formula is C22H24N6O3. The first-order valence-corrected chi connectivity index (χ1v) is 9.66. The highest BCUT2D eigenvalue weighted by Gasteiger charge is 2.22. The Labute approximate surface area is 179 Å². The quantitative estimate of drug-likeness (QED) is 0.415. The van der Waals surface area contributed by atoms with Gasteiger partial charge in [0.15, 0.2) is 11.5 Å². The van der Waals surface area contributed by atoms with Crippen LogP contribution in [0.4, 0.5) is 5.95 Å². The normalized spacial score (nSPS) is 13.8. The lowest BCUT2D eigenvalue weighted by molar-refractivity contribution is 0.324. The van der Waals surface area contributed by atoms with Crippen LogP contribution < -0.4 is 25.7 Å². The van der Waals surface area contributed by atoms with Gasteiger partial charge in [0.05, 0.1) is 38.9 Å². The number of nitrogens with one attached hydrogen (secondary N) is 1. The minimum Gasteiger partial charge on any atom is -0.493 e. The zero-order chi connectivity index (χ0) is 22.1. The highest BCUT2D eigenvalue weighted by Crippen LogP contribution is 2.41. The van der Waals surface area contributed by atoms with Gasteiger partial charge in [-0.25, -0.2) is 9.66 Å². The second-order valence-electron chi connectivity index (χ2n) is 7.03. The van der Waals surface area contributed by atoms with Gasteiger partial charge in [-0.05, 0) is 30.5 Å². The van der Waals surface area contributed by atoms with Gasteiger partial charge in [0.1, 0.15) is 5.84 Å². The minimum absolute atomic E-state index is 0.0601. The Morgan fingerprint density at radius 1 is 1.10 bits per heavy atom. The molecule has 160 valence electrons. The van der Waals surface area contributed by atoms with E-state index in [4.69, 9.17) is 36.2 Å². The molecule has 0 unspecified atom stereocenters. The molecule has 1 aromatic heterocycles. The van der Waals surface area contributed by atoms with Crippen LogP contribution in [0.15, 0.2) is 41.6 Å². The lowest BCUT2D eigenvalue weighted by Gasteiger charge is -2.13. The van der Waals surface area contributed by atoms with Crippen molar-refractivity contribution < 1.29 is 14.2 Å². The van der Waals surface area contributed by atoms with Gasteiger partial charge in [-0.3, -0.25) is 5.41 Å². The zero-order valence-electron chi connectivity index (χ0n) is 17.6. The molecule has 1 aliphatic rings. The van der Waals surface area contributed by atoms with Crippen molar-refractivity contribution in [2.45, 2.75) is 12.8 Å². The van der Waals surface area contributed by atoms with Gasteiger partial charge in [0.2, 0.25) is 11.7 Å². The number of fused-ring (bicyclic) bond motifs is 1. The Kier molecular flexibility index (Phi) is 5.24. The van der Waals surface area contributed by atoms with Crippen molar-refractivity contribution in [1.82, 2.24) is 9.66 Å². The van der Waals surface area contributed by atoms with Crippen LogP contribution in [0.25, 0.3) is 11.3 Å². The third kappa shape index (κ3) is 3.54. The Morgan fingerprint density at radius 2 is 1.81 bits per heavy atom. The van der Waals surface area contributed by atoms with Gasteiger partial charge in [0.25, 0.3) is 0 Å². The van der Waals surface area contributed by atoms with Crippen molar-refractivity contribution in [3.05, 3.63) is 53.2 Å². The molecule has 0 bridgehead atoms. The number of nitrogens with two attached hydrogens (primary N) is 2. The number of hydrogen-bond acceptors (Lipinski definition) is 7. The molecule has 0 fully saturated rings. The molecule has 9 nitrogen and oxygen atoms in total. The second-order valence-corrected chi connectivity index (χ2v) is 7.03. The van der Waals surface area contributed by atoms with Crippen LogP contribution in [0.1, 0.15) is 23.1 Å². The summed E-state index contributed by atoms with van der Waals surface area (Å²) < 4.78 is 17.8. The van der Waals surface area contributed by atoms with E-state index in [0.29, 0.717) is 22.9 Å². The summed E-state index contributed by atoms with van der Waals surface area (Å²) in [6.07, 6.45) is 3.27. The molecule has 0 saturated heterocycles. The van der Waals surface area contributed by atoms with Gasteiger partial charge in [-0.15, -0.1) is 0 Å². The Hall–Kier alpha value is -4.01. The van der Waals surface area contributed by atoms with Gasteiger partial charge in [-0.1, -0.05) is 18.2 Å². The Balaban J connectivity index is 1.74. The molecule has 0 atom stereocenters. The molecule has 0 amide bonds. The first-order chi connectivity index (χ1) is 15.0. The van der Waals surface area contributed by atoms with Gasteiger partial charge in [-0.2, -0.15) is 5.10 Å². The third-order valence-electron chi connectivity index (χ3n) is 5.29. The number of nitrogen functional groups attached to an aromatic ring is 2. The van der Waals surface area contributed by atoms with E-state index in [1.807, 2.05) is 30.3 Å². The summed E-state index contributed by atoms with van der Waals surface area (Å²) in [7, 11) is 4.68. The molecule has 31 heavy (non-hydrogen) atoms. The molecule has 9 heteroatoms. The Morgan fingerprint density at radius 3 is 2.42 bits per heavy atom. The number of hydrogen-bond donors (Lipinski definition) is 3. The molecule has 0 spiro atoms. The smallest absolute Gasteiger partial charge is 0.221 e. The summed E-state index contributed by atoms with van der Waals surface area (Å²) in [6, 6.07) is 9.35. The molecule has 1 aliphatic carbocycles. The largest absolute Gasteiger partial charge is 0.493 e. The first-order valence-electron chi connectivity index (χ1n) is 9.66. The van der Waals surface area contributed by atoms with Crippen LogP contribution in [0.5, 0.6) is 17.2 Å². The monoisotopic (exact) mass is 420 g/mol. The maximum absolute atomic E-state index is 7.79. The van der Waals surface area contributed by atoms with E-state index in [1.54, 1.807) is 32.2 Å². The summed E-state index contributed by atoms with van der Waals surface area (Å²) in [4.78, 5) is 4.46. The average molecular weight is 420 g/mol. The van der Waals surface area contributed by atoms with Crippen LogP contribution in [0.3, 0.4) is 0 Å². The minimum atomic E-state index is 0.0601. The number of benzene rings is 2. The lowest BCUT2D eigenvalue weighted by Crippen LogP contribution is -2.13. The van der Waals surface area contributed by atoms with E-state index >= 15 is 0 Å². The number of ether oxygens (including phenoxy) is 3. The third-order valence-corrected chi connectivity index (χ3v) is 5.29. The van der Waals surface area contributed by atoms with Crippen LogP contribution in [0, 0.1) is 5.41 Å². The predicted octanol–water partition coefficient (Wildman–Crippen LogP) is 2.64. The van der Waals surface area contributed by atoms with E-state index in [1.165, 1.54) is 0 Å². The van der Waals surface area contributed by atoms with E-state index in [0.717, 1.165) is 40.8 Å². The fraction of sp³-hybridized carbons (Fsp3) is 0.227. The summed E-state index contributed by atoms with van der Waals surface area (Å²) in [5.41, 5.74) is 16.9. The van der Waals surface area contributed by atoms with Crippen LogP contribution in [-0.2, 0) is 6.42 Å². The average Bonchev–Trinajstić information content (AvgIpc) is 3.36. The summed E-state index contributed by atoms with van der Waals surface area (Å²) in [5.74, 6) is 1.87. The molecule has 1 heterocycles. The molecule has 2 aromatic carbocycles. The SMILES string of the molecule is COc1cc(-c2cn(/N=C3\CCc4c(C(=N)N)cccc43)c(N)n2)cc(OC)c1OC. The van der Waals surface area contributed by atoms with Crippen molar-refractivity contribution >= 4 is 17.5 Å². The van der Waals surface area contributed by atoms with E-state index in [9.17, 15) is 0 Å². The summed E-state index contributed by atoms with van der Waals surface area (Å²) in [6.45, 7) is 0. The van der Waals surface area contributed by atoms with Gasteiger partial charge < -0.3 is 25.7 Å². The molecule has 4 rings (SSSR count). The van der Waals surface area contributed by atoms with Gasteiger partial charge in [0, 0.05) is 16.7 Å². The first kappa shape index (κ1) is 20.3. The molecular weight excluding hydrogens is 396 g/mol. The van der Waals surface area contributed by atoms with E-state index < -0.39 is 0 Å². The Bertz CT molecular complexity index is 1170. The second kappa shape index (κ2) is 8.02. The number of imidazole rings is 1. The predicted molar refractivity (Wildman–Crippen MR) is 119 cm³/mol. The highest BCUT2D eigenvalue weighted by molar-refractivity contribution is 6.08. The zero-order valence-corrected chi connectivity index (χ0v) is 17.6. The molecule has 3 aromatic rings. The van der Waals surface area contributed by atoms with Crippen molar-refractivity contribution in [3.8, 4) is 28.5 Å². The number of aromatic nitrogens is 2. The summed E-state index contributed by atoms with van der Waals surface area (Å²) >= 11 is 0. The summed E-state index contributed by atoms with van der Waals surface area (Å²) in [5, 5.41) is 12.5. The fourth-order valence-electron chi connectivity index (χ4n) is 3.82. The number of methoxy groups -OCH3 is 3. The number of nitrogens with zero attached hydrogens (tertiary/aromatic N) is 3. The topological polar surface area (TPSA) is 134 Å². The number of amidine groups is 1. The maximum Gasteiger partial charge on any atom is 0.221 e. The number of rotatable bonds is 6. The van der Waals surface area contributed by atoms with E-state index in [2.05, 4.69) is 4.98 Å². The lowest BCUT2D eigenvalue weighted by atomic mass is 10.0. The van der Waals surface area contributed by atoms with Crippen molar-refractivity contribution in [3.63, 3.8) is 0 Å². The van der Waals surface area contributed by atoms with Crippen molar-refractivity contribution in [1.29, 1.82) is 5.41 Å². The van der Waals surface area contributed by atoms with E-state index in [-0.39, 0.29) is 11.8 Å². The van der Waals surface area contributed by atoms with Crippen LogP contribution in [0.2, 0.25) is 0 Å². The maximum atomic E-state index is 7.79. The van der Waals surface area contributed by atoms with Crippen LogP contribution in [-0.4, -0.2) is 42.5 Å². The highest BCUT2D eigenvalue weighted by atomic mass is 16.5. The van der Waals surface area contributed by atoms with Crippen molar-refractivity contribution in [2.75, 3.05) is 27.1 Å². The molecule has 0 saturated carbocycles. The van der Waals surface area contributed by atoms with Crippen molar-refractivity contribution in [2.24, 2.45) is 10.8 Å². The fourth-order valence-corrected chi connectivity index (χ4v) is 3.82. The van der Waals surface area contributed by atoms with Gasteiger partial charge >= 0.3 is 0 Å². The molecule has 0 radical (unpaired) electrons. The standard InChI is InChI=1S/C22H24N6O3/c1-29-18-9-12(10-19(30-2)20(18)31-3)17-11-28(22(25)26-17)27-16-8-7-13-14(16)5-4-6-15(13)21(23)24/h4-6,9-11H,7-8H2,1-3H3,(H3,23,24)(H2,25,26)/b27-16+. The molecule has 0 aliphatic heterocycles. The molecule has 5 N–H and O–H groups in total. The van der Waals surface area contributed by atoms with Crippen LogP contribution >= 0.6 is 0 Å². The number of anilines is 1.